The molecule has 0 spiro atoms. The highest BCUT2D eigenvalue weighted by molar-refractivity contribution is 5.92. The average Bonchev–Trinajstić information content (AvgIpc) is 3.17. The number of benzene rings is 2. The molecule has 0 aliphatic carbocycles. The molecule has 29 heavy (non-hydrogen) atoms. The van der Waals surface area contributed by atoms with Gasteiger partial charge < -0.3 is 14.7 Å². The first-order chi connectivity index (χ1) is 14.2. The molecule has 0 atom stereocenters. The van der Waals surface area contributed by atoms with Crippen molar-refractivity contribution in [2.45, 2.75) is 25.9 Å². The maximum atomic E-state index is 9.85. The van der Waals surface area contributed by atoms with Crippen molar-refractivity contribution in [3.8, 4) is 11.6 Å². The molecule has 5 rings (SSSR count). The quantitative estimate of drug-likeness (QED) is 0.574. The zero-order valence-corrected chi connectivity index (χ0v) is 16.5. The van der Waals surface area contributed by atoms with Crippen LogP contribution >= 0.6 is 0 Å². The average molecular weight is 388 g/mol. The molecule has 2 aromatic carbocycles. The third-order valence-electron chi connectivity index (χ3n) is 5.57. The highest BCUT2D eigenvalue weighted by atomic mass is 16.5. The van der Waals surface area contributed by atoms with E-state index in [0.717, 1.165) is 65.1 Å². The number of pyridine rings is 1. The van der Waals surface area contributed by atoms with Crippen LogP contribution in [-0.4, -0.2) is 45.4 Å². The van der Waals surface area contributed by atoms with Crippen molar-refractivity contribution in [1.82, 2.24) is 14.5 Å². The van der Waals surface area contributed by atoms with Gasteiger partial charge in [0.2, 0.25) is 0 Å². The van der Waals surface area contributed by atoms with E-state index in [0.29, 0.717) is 6.61 Å². The van der Waals surface area contributed by atoms with E-state index in [1.54, 1.807) is 0 Å². The second-order valence-electron chi connectivity index (χ2n) is 7.43. The molecule has 3 heterocycles. The zero-order chi connectivity index (χ0) is 19.8. The Kier molecular flexibility index (Phi) is 4.56. The summed E-state index contributed by atoms with van der Waals surface area (Å²) in [6.07, 6.45) is 3.21. The summed E-state index contributed by atoms with van der Waals surface area (Å²) in [7, 11) is 0. The summed E-state index contributed by atoms with van der Waals surface area (Å²) in [5.41, 5.74) is 3.99. The number of hydrogen-bond acceptors (Lipinski definition) is 5. The molecule has 0 bridgehead atoms. The molecule has 2 aromatic heterocycles. The minimum absolute atomic E-state index is 0.191. The number of imidazole rings is 1. The molecule has 1 saturated heterocycles. The molecule has 1 N–H and O–H groups in total. The molecule has 0 amide bonds. The smallest absolute Gasteiger partial charge is 0.139 e. The van der Waals surface area contributed by atoms with Gasteiger partial charge in [-0.05, 0) is 50.1 Å². The first-order valence-corrected chi connectivity index (χ1v) is 10.2. The van der Waals surface area contributed by atoms with Crippen LogP contribution in [0.5, 0.6) is 5.75 Å². The van der Waals surface area contributed by atoms with Crippen LogP contribution in [0.2, 0.25) is 0 Å². The molecule has 0 saturated carbocycles. The molecule has 1 fully saturated rings. The van der Waals surface area contributed by atoms with Crippen LogP contribution in [0.3, 0.4) is 0 Å². The van der Waals surface area contributed by atoms with Crippen molar-refractivity contribution >= 4 is 27.6 Å². The van der Waals surface area contributed by atoms with Gasteiger partial charge in [0.25, 0.3) is 0 Å². The lowest BCUT2D eigenvalue weighted by Gasteiger charge is -2.32. The Balaban J connectivity index is 1.58. The fourth-order valence-electron chi connectivity index (χ4n) is 4.05. The second kappa shape index (κ2) is 7.37. The number of aromatic nitrogens is 3. The van der Waals surface area contributed by atoms with E-state index in [1.165, 1.54) is 0 Å². The van der Waals surface area contributed by atoms with Gasteiger partial charge in [0.15, 0.2) is 0 Å². The number of fused-ring (bicyclic) bond motifs is 2. The molecular weight excluding hydrogens is 364 g/mol. The molecule has 6 nitrogen and oxygen atoms in total. The number of aliphatic hydroxyl groups is 1. The van der Waals surface area contributed by atoms with Crippen LogP contribution in [-0.2, 0) is 0 Å². The zero-order valence-electron chi connectivity index (χ0n) is 16.5. The summed E-state index contributed by atoms with van der Waals surface area (Å²) >= 11 is 0. The lowest BCUT2D eigenvalue weighted by Crippen LogP contribution is -2.35. The first-order valence-electron chi connectivity index (χ1n) is 10.2. The van der Waals surface area contributed by atoms with Crippen LogP contribution in [0, 0.1) is 0 Å². The number of rotatable bonds is 4. The van der Waals surface area contributed by atoms with Crippen LogP contribution in [0.1, 0.15) is 19.8 Å². The van der Waals surface area contributed by atoms with Crippen molar-refractivity contribution in [3.63, 3.8) is 0 Å². The number of piperidine rings is 1. The van der Waals surface area contributed by atoms with E-state index in [2.05, 4.69) is 34.1 Å². The summed E-state index contributed by atoms with van der Waals surface area (Å²) in [5, 5.41) is 11.0. The molecule has 0 radical (unpaired) electrons. The highest BCUT2D eigenvalue weighted by Crippen LogP contribution is 2.29. The van der Waals surface area contributed by atoms with Crippen molar-refractivity contribution in [2.75, 3.05) is 24.6 Å². The Hall–Kier alpha value is -3.12. The number of hydrogen-bond donors (Lipinski definition) is 1. The number of anilines is 1. The van der Waals surface area contributed by atoms with Gasteiger partial charge in [0.05, 0.1) is 34.9 Å². The van der Waals surface area contributed by atoms with E-state index in [-0.39, 0.29) is 6.10 Å². The van der Waals surface area contributed by atoms with Gasteiger partial charge in [-0.15, -0.1) is 0 Å². The SMILES string of the molecule is CCOc1ccc2c(c1)ncn2-c1ccc2cccc(N3CCC(O)CC3)c2n1. The van der Waals surface area contributed by atoms with E-state index in [4.69, 9.17) is 9.72 Å². The molecule has 148 valence electrons. The maximum Gasteiger partial charge on any atom is 0.139 e. The Morgan fingerprint density at radius 3 is 2.79 bits per heavy atom. The fraction of sp³-hybridized carbons (Fsp3) is 0.304. The number of ether oxygens (including phenoxy) is 1. The van der Waals surface area contributed by atoms with Gasteiger partial charge in [-0.3, -0.25) is 4.57 Å². The third-order valence-corrected chi connectivity index (χ3v) is 5.57. The van der Waals surface area contributed by atoms with Crippen LogP contribution in [0.15, 0.2) is 54.9 Å². The molecule has 4 aromatic rings. The lowest BCUT2D eigenvalue weighted by atomic mass is 10.1. The van der Waals surface area contributed by atoms with Gasteiger partial charge in [0.1, 0.15) is 17.9 Å². The second-order valence-corrected chi connectivity index (χ2v) is 7.43. The standard InChI is InChI=1S/C23H24N4O2/c1-2-29-18-7-8-20-19(14-18)24-15-27(20)22-9-6-16-4-3-5-21(23(16)25-22)26-12-10-17(28)11-13-26/h3-9,14-15,17,28H,2,10-13H2,1H3. The van der Waals surface area contributed by atoms with Crippen molar-refractivity contribution in [2.24, 2.45) is 0 Å². The Labute approximate surface area is 169 Å². The summed E-state index contributed by atoms with van der Waals surface area (Å²) in [6, 6.07) is 16.4. The van der Waals surface area contributed by atoms with Gasteiger partial charge in [-0.2, -0.15) is 0 Å². The topological polar surface area (TPSA) is 63.4 Å². The van der Waals surface area contributed by atoms with Gasteiger partial charge in [-0.25, -0.2) is 9.97 Å². The largest absolute Gasteiger partial charge is 0.494 e. The molecular formula is C23H24N4O2. The number of para-hydroxylation sites is 1. The van der Waals surface area contributed by atoms with Crippen molar-refractivity contribution in [3.05, 3.63) is 54.9 Å². The van der Waals surface area contributed by atoms with E-state index in [9.17, 15) is 5.11 Å². The molecule has 6 heteroatoms. The van der Waals surface area contributed by atoms with Crippen molar-refractivity contribution in [1.29, 1.82) is 0 Å². The predicted octanol–water partition coefficient (Wildman–Crippen LogP) is 3.93. The van der Waals surface area contributed by atoms with E-state index in [1.807, 2.05) is 42.1 Å². The summed E-state index contributed by atoms with van der Waals surface area (Å²) in [5.74, 6) is 1.67. The molecule has 1 aliphatic heterocycles. The Morgan fingerprint density at radius 1 is 1.10 bits per heavy atom. The van der Waals surface area contributed by atoms with Gasteiger partial charge >= 0.3 is 0 Å². The monoisotopic (exact) mass is 388 g/mol. The Morgan fingerprint density at radius 2 is 1.97 bits per heavy atom. The highest BCUT2D eigenvalue weighted by Gasteiger charge is 2.19. The number of nitrogens with zero attached hydrogens (tertiary/aromatic N) is 4. The third kappa shape index (κ3) is 3.29. The summed E-state index contributed by atoms with van der Waals surface area (Å²) < 4.78 is 7.60. The predicted molar refractivity (Wildman–Crippen MR) is 115 cm³/mol. The Bertz CT molecular complexity index is 1160. The van der Waals surface area contributed by atoms with Gasteiger partial charge in [0, 0.05) is 24.5 Å². The minimum atomic E-state index is -0.191. The van der Waals surface area contributed by atoms with Crippen LogP contribution in [0.25, 0.3) is 27.8 Å². The lowest BCUT2D eigenvalue weighted by molar-refractivity contribution is 0.145. The molecule has 0 unspecified atom stereocenters. The minimum Gasteiger partial charge on any atom is -0.494 e. The summed E-state index contributed by atoms with van der Waals surface area (Å²) in [4.78, 5) is 11.9. The normalized spacial score (nSPS) is 15.3. The fourth-order valence-corrected chi connectivity index (χ4v) is 4.05. The summed E-state index contributed by atoms with van der Waals surface area (Å²) in [6.45, 7) is 4.30. The van der Waals surface area contributed by atoms with Crippen LogP contribution in [0.4, 0.5) is 5.69 Å². The van der Waals surface area contributed by atoms with E-state index >= 15 is 0 Å². The van der Waals surface area contributed by atoms with Crippen molar-refractivity contribution < 1.29 is 9.84 Å². The molecule has 1 aliphatic rings. The van der Waals surface area contributed by atoms with Crippen LogP contribution < -0.4 is 9.64 Å². The first kappa shape index (κ1) is 17.9. The number of aliphatic hydroxyl groups excluding tert-OH is 1. The maximum absolute atomic E-state index is 9.85. The van der Waals surface area contributed by atoms with Gasteiger partial charge in [-0.1, -0.05) is 12.1 Å². The van der Waals surface area contributed by atoms with E-state index < -0.39 is 0 Å².